The maximum atomic E-state index is 10.8. The molecule has 76 valence electrons. The standard InChI is InChI=1S/C9H10BrClN2O/c1-5(13-6(2)14)9-8(11)3-7(10)4-12-9/h3-5H,1-2H3,(H,13,14). The van der Waals surface area contributed by atoms with Crippen molar-refractivity contribution in [3.05, 3.63) is 27.5 Å². The van der Waals surface area contributed by atoms with Crippen LogP contribution in [-0.4, -0.2) is 10.9 Å². The maximum absolute atomic E-state index is 10.8. The van der Waals surface area contributed by atoms with Crippen molar-refractivity contribution in [2.24, 2.45) is 0 Å². The summed E-state index contributed by atoms with van der Waals surface area (Å²) in [7, 11) is 0. The number of nitrogens with zero attached hydrogens (tertiary/aromatic N) is 1. The highest BCUT2D eigenvalue weighted by Gasteiger charge is 2.11. The number of hydrogen-bond donors (Lipinski definition) is 1. The van der Waals surface area contributed by atoms with Gasteiger partial charge in [-0.2, -0.15) is 0 Å². The van der Waals surface area contributed by atoms with E-state index < -0.39 is 0 Å². The van der Waals surface area contributed by atoms with Gasteiger partial charge in [0.1, 0.15) is 0 Å². The third-order valence-corrected chi connectivity index (χ3v) is 2.40. The molecule has 0 radical (unpaired) electrons. The monoisotopic (exact) mass is 276 g/mol. The van der Waals surface area contributed by atoms with Gasteiger partial charge in [-0.15, -0.1) is 0 Å². The molecule has 1 aromatic heterocycles. The minimum Gasteiger partial charge on any atom is -0.348 e. The second kappa shape index (κ2) is 4.75. The quantitative estimate of drug-likeness (QED) is 0.903. The molecule has 1 N–H and O–H groups in total. The van der Waals surface area contributed by atoms with Crippen molar-refractivity contribution in [1.29, 1.82) is 0 Å². The van der Waals surface area contributed by atoms with Crippen molar-refractivity contribution >= 4 is 33.4 Å². The minimum absolute atomic E-state index is 0.0988. The molecule has 1 amide bonds. The molecule has 0 saturated carbocycles. The van der Waals surface area contributed by atoms with Crippen molar-refractivity contribution in [1.82, 2.24) is 10.3 Å². The molecule has 0 saturated heterocycles. The Morgan fingerprint density at radius 3 is 2.86 bits per heavy atom. The molecule has 1 unspecified atom stereocenters. The fraction of sp³-hybridized carbons (Fsp3) is 0.333. The molecular weight excluding hydrogens is 267 g/mol. The minimum atomic E-state index is -0.173. The Kier molecular flexibility index (Phi) is 3.89. The van der Waals surface area contributed by atoms with E-state index in [-0.39, 0.29) is 11.9 Å². The van der Waals surface area contributed by atoms with Gasteiger partial charge in [-0.1, -0.05) is 11.6 Å². The van der Waals surface area contributed by atoms with E-state index in [0.717, 1.165) is 4.47 Å². The molecule has 5 heteroatoms. The lowest BCUT2D eigenvalue weighted by Crippen LogP contribution is -2.24. The second-order valence-electron chi connectivity index (χ2n) is 2.94. The molecule has 1 heterocycles. The summed E-state index contributed by atoms with van der Waals surface area (Å²) < 4.78 is 0.821. The molecule has 0 aliphatic heterocycles. The molecule has 14 heavy (non-hydrogen) atoms. The molecular formula is C9H10BrClN2O. The van der Waals surface area contributed by atoms with Crippen LogP contribution < -0.4 is 5.32 Å². The lowest BCUT2D eigenvalue weighted by Gasteiger charge is -2.13. The van der Waals surface area contributed by atoms with Crippen LogP contribution in [0.5, 0.6) is 0 Å². The lowest BCUT2D eigenvalue weighted by molar-refractivity contribution is -0.119. The van der Waals surface area contributed by atoms with Crippen LogP contribution in [-0.2, 0) is 4.79 Å². The van der Waals surface area contributed by atoms with Crippen LogP contribution in [0.15, 0.2) is 16.7 Å². The molecule has 0 fully saturated rings. The number of nitrogens with one attached hydrogen (secondary N) is 1. The van der Waals surface area contributed by atoms with Gasteiger partial charge in [0, 0.05) is 17.6 Å². The Hall–Kier alpha value is -0.610. The predicted molar refractivity (Wildman–Crippen MR) is 59.2 cm³/mol. The number of aromatic nitrogens is 1. The topological polar surface area (TPSA) is 42.0 Å². The number of hydrogen-bond acceptors (Lipinski definition) is 2. The van der Waals surface area contributed by atoms with Gasteiger partial charge in [0.25, 0.3) is 0 Å². The van der Waals surface area contributed by atoms with E-state index in [1.807, 2.05) is 6.92 Å². The van der Waals surface area contributed by atoms with Gasteiger partial charge in [0.15, 0.2) is 0 Å². The first-order chi connectivity index (χ1) is 6.50. The van der Waals surface area contributed by atoms with Crippen LogP contribution >= 0.6 is 27.5 Å². The fourth-order valence-corrected chi connectivity index (χ4v) is 1.91. The smallest absolute Gasteiger partial charge is 0.217 e. The molecule has 3 nitrogen and oxygen atoms in total. The Balaban J connectivity index is 2.90. The maximum Gasteiger partial charge on any atom is 0.217 e. The van der Waals surface area contributed by atoms with Gasteiger partial charge in [-0.25, -0.2) is 0 Å². The van der Waals surface area contributed by atoms with Crippen LogP contribution in [0.25, 0.3) is 0 Å². The molecule has 0 spiro atoms. The molecule has 0 aromatic carbocycles. The zero-order valence-electron chi connectivity index (χ0n) is 7.84. The van der Waals surface area contributed by atoms with Crippen molar-refractivity contribution in [2.75, 3.05) is 0 Å². The molecule has 1 rings (SSSR count). The van der Waals surface area contributed by atoms with E-state index in [2.05, 4.69) is 26.2 Å². The zero-order chi connectivity index (χ0) is 10.7. The van der Waals surface area contributed by atoms with E-state index in [4.69, 9.17) is 11.6 Å². The lowest BCUT2D eigenvalue weighted by atomic mass is 10.2. The van der Waals surface area contributed by atoms with Gasteiger partial charge < -0.3 is 5.32 Å². The summed E-state index contributed by atoms with van der Waals surface area (Å²) in [6, 6.07) is 1.58. The largest absolute Gasteiger partial charge is 0.348 e. The number of rotatable bonds is 2. The highest BCUT2D eigenvalue weighted by atomic mass is 79.9. The zero-order valence-corrected chi connectivity index (χ0v) is 10.2. The van der Waals surface area contributed by atoms with Crippen molar-refractivity contribution in [3.63, 3.8) is 0 Å². The fourth-order valence-electron chi connectivity index (χ4n) is 1.12. The number of pyridine rings is 1. The molecule has 0 aliphatic rings. The summed E-state index contributed by atoms with van der Waals surface area (Å²) in [4.78, 5) is 15.0. The SMILES string of the molecule is CC(=O)NC(C)c1ncc(Br)cc1Cl. The van der Waals surface area contributed by atoms with Crippen molar-refractivity contribution in [2.45, 2.75) is 19.9 Å². The van der Waals surface area contributed by atoms with Gasteiger partial charge in [0.05, 0.1) is 16.8 Å². The number of carbonyl (C=O) groups excluding carboxylic acids is 1. The Labute approximate surface area is 96.0 Å². The average molecular weight is 278 g/mol. The van der Waals surface area contributed by atoms with Gasteiger partial charge in [-0.05, 0) is 28.9 Å². The van der Waals surface area contributed by atoms with Crippen LogP contribution in [0, 0.1) is 0 Å². The summed E-state index contributed by atoms with van der Waals surface area (Å²) in [5.74, 6) is -0.0988. The highest BCUT2D eigenvalue weighted by Crippen LogP contribution is 2.23. The van der Waals surface area contributed by atoms with E-state index in [1.54, 1.807) is 12.3 Å². The van der Waals surface area contributed by atoms with E-state index in [1.165, 1.54) is 6.92 Å². The molecule has 1 atom stereocenters. The third-order valence-electron chi connectivity index (χ3n) is 1.67. The Morgan fingerprint density at radius 1 is 1.71 bits per heavy atom. The summed E-state index contributed by atoms with van der Waals surface area (Å²) in [6.07, 6.45) is 1.65. The summed E-state index contributed by atoms with van der Waals surface area (Å²) in [5, 5.41) is 3.26. The van der Waals surface area contributed by atoms with E-state index in [9.17, 15) is 4.79 Å². The van der Waals surface area contributed by atoms with Gasteiger partial charge in [-0.3, -0.25) is 9.78 Å². The van der Waals surface area contributed by atoms with Crippen molar-refractivity contribution in [3.8, 4) is 0 Å². The number of amides is 1. The van der Waals surface area contributed by atoms with Crippen LogP contribution in [0.2, 0.25) is 5.02 Å². The normalized spacial score (nSPS) is 12.3. The summed E-state index contributed by atoms with van der Waals surface area (Å²) in [5.41, 5.74) is 0.671. The Bertz CT molecular complexity index is 357. The first-order valence-corrected chi connectivity index (χ1v) is 5.26. The van der Waals surface area contributed by atoms with Gasteiger partial charge >= 0.3 is 0 Å². The predicted octanol–water partition coefficient (Wildman–Crippen LogP) is 2.69. The van der Waals surface area contributed by atoms with Crippen LogP contribution in [0.1, 0.15) is 25.6 Å². The first-order valence-electron chi connectivity index (χ1n) is 4.08. The van der Waals surface area contributed by atoms with Crippen LogP contribution in [0.3, 0.4) is 0 Å². The molecule has 0 bridgehead atoms. The molecule has 1 aromatic rings. The van der Waals surface area contributed by atoms with E-state index >= 15 is 0 Å². The second-order valence-corrected chi connectivity index (χ2v) is 4.27. The number of carbonyl (C=O) groups is 1. The third kappa shape index (κ3) is 2.96. The Morgan fingerprint density at radius 2 is 2.36 bits per heavy atom. The van der Waals surface area contributed by atoms with Gasteiger partial charge in [0.2, 0.25) is 5.91 Å². The summed E-state index contributed by atoms with van der Waals surface area (Å²) >= 11 is 9.23. The molecule has 0 aliphatic carbocycles. The van der Waals surface area contributed by atoms with Crippen LogP contribution in [0.4, 0.5) is 0 Å². The van der Waals surface area contributed by atoms with E-state index in [0.29, 0.717) is 10.7 Å². The number of halogens is 2. The highest BCUT2D eigenvalue weighted by molar-refractivity contribution is 9.10. The first kappa shape index (κ1) is 11.5. The van der Waals surface area contributed by atoms with Crippen molar-refractivity contribution < 1.29 is 4.79 Å². The average Bonchev–Trinajstić information content (AvgIpc) is 2.01. The summed E-state index contributed by atoms with van der Waals surface area (Å²) in [6.45, 7) is 3.30.